The zero-order chi connectivity index (χ0) is 12.1. The first-order valence-corrected chi connectivity index (χ1v) is 6.93. The molecule has 0 bridgehead atoms. The normalized spacial score (nSPS) is 12.5. The van der Waals surface area contributed by atoms with Gasteiger partial charge in [-0.2, -0.15) is 0 Å². The van der Waals surface area contributed by atoms with Crippen LogP contribution in [-0.4, -0.2) is 30.9 Å². The maximum atomic E-state index is 11.6. The molecule has 0 aliphatic heterocycles. The summed E-state index contributed by atoms with van der Waals surface area (Å²) in [4.78, 5) is 14.5. The highest BCUT2D eigenvalue weighted by Gasteiger charge is 2.13. The van der Waals surface area contributed by atoms with Crippen LogP contribution in [0.2, 0.25) is 0 Å². The molecule has 16 heavy (non-hydrogen) atoms. The summed E-state index contributed by atoms with van der Waals surface area (Å²) in [5.41, 5.74) is 0. The molecule has 0 saturated heterocycles. The number of hydrogen-bond donors (Lipinski definition) is 1. The van der Waals surface area contributed by atoms with Crippen molar-refractivity contribution in [3.63, 3.8) is 0 Å². The van der Waals surface area contributed by atoms with Crippen LogP contribution in [0.1, 0.15) is 24.8 Å². The molecule has 1 aromatic heterocycles. The number of thiophene rings is 1. The summed E-state index contributed by atoms with van der Waals surface area (Å²) in [5, 5.41) is 5.27. The van der Waals surface area contributed by atoms with Gasteiger partial charge in [0.2, 0.25) is 5.91 Å². The molecule has 0 saturated carbocycles. The van der Waals surface area contributed by atoms with E-state index in [2.05, 4.69) is 28.2 Å². The standard InChI is InChI=1S/C11H17BrN2OS/c1-4-14(3)10(15)7-13-8(2)11-9(12)5-6-16-11/h5-6,8,13H,4,7H2,1-3H3. The number of carbonyl (C=O) groups is 1. The number of rotatable bonds is 5. The zero-order valence-electron chi connectivity index (χ0n) is 9.79. The predicted molar refractivity (Wildman–Crippen MR) is 71.7 cm³/mol. The largest absolute Gasteiger partial charge is 0.345 e. The van der Waals surface area contributed by atoms with Crippen LogP contribution in [0.15, 0.2) is 15.9 Å². The number of likely N-dealkylation sites (N-methyl/N-ethyl adjacent to an activating group) is 1. The Morgan fingerprint density at radius 1 is 1.69 bits per heavy atom. The van der Waals surface area contributed by atoms with Gasteiger partial charge in [0, 0.05) is 29.0 Å². The molecular formula is C11H17BrN2OS. The lowest BCUT2D eigenvalue weighted by atomic mass is 10.3. The number of amides is 1. The monoisotopic (exact) mass is 304 g/mol. The molecule has 3 nitrogen and oxygen atoms in total. The van der Waals surface area contributed by atoms with E-state index in [4.69, 9.17) is 0 Å². The Labute approximate surface area is 109 Å². The topological polar surface area (TPSA) is 32.3 Å². The lowest BCUT2D eigenvalue weighted by Gasteiger charge is -2.17. The molecule has 0 fully saturated rings. The Morgan fingerprint density at radius 2 is 2.38 bits per heavy atom. The van der Waals surface area contributed by atoms with E-state index in [1.807, 2.05) is 25.4 Å². The third-order valence-electron chi connectivity index (χ3n) is 2.50. The number of hydrogen-bond acceptors (Lipinski definition) is 3. The Balaban J connectivity index is 2.45. The first-order valence-electron chi connectivity index (χ1n) is 5.26. The molecule has 5 heteroatoms. The van der Waals surface area contributed by atoms with Crippen LogP contribution in [0.5, 0.6) is 0 Å². The molecule has 1 unspecified atom stereocenters. The molecule has 1 aromatic rings. The summed E-state index contributed by atoms with van der Waals surface area (Å²) in [6, 6.07) is 2.22. The maximum Gasteiger partial charge on any atom is 0.236 e. The number of halogens is 1. The second-order valence-corrected chi connectivity index (χ2v) is 5.45. The predicted octanol–water partition coefficient (Wildman–Crippen LogP) is 2.64. The minimum absolute atomic E-state index is 0.127. The molecule has 90 valence electrons. The summed E-state index contributed by atoms with van der Waals surface area (Å²) in [6.07, 6.45) is 0. The first-order chi connectivity index (χ1) is 7.56. The Morgan fingerprint density at radius 3 is 2.88 bits per heavy atom. The second-order valence-electron chi connectivity index (χ2n) is 3.64. The SMILES string of the molecule is CCN(C)C(=O)CNC(C)c1sccc1Br. The van der Waals surface area contributed by atoms with Gasteiger partial charge >= 0.3 is 0 Å². The van der Waals surface area contributed by atoms with Gasteiger partial charge in [-0.25, -0.2) is 0 Å². The van der Waals surface area contributed by atoms with Crippen molar-refractivity contribution in [3.8, 4) is 0 Å². The molecule has 0 aliphatic rings. The molecule has 1 amide bonds. The van der Waals surface area contributed by atoms with E-state index in [0.29, 0.717) is 6.54 Å². The van der Waals surface area contributed by atoms with Gasteiger partial charge in [-0.3, -0.25) is 4.79 Å². The van der Waals surface area contributed by atoms with Gasteiger partial charge in [-0.05, 0) is 41.2 Å². The third-order valence-corrected chi connectivity index (χ3v) is 4.55. The fraction of sp³-hybridized carbons (Fsp3) is 0.545. The Bertz CT molecular complexity index is 354. The van der Waals surface area contributed by atoms with E-state index in [9.17, 15) is 4.79 Å². The van der Waals surface area contributed by atoms with Gasteiger partial charge in [0.15, 0.2) is 0 Å². The van der Waals surface area contributed by atoms with E-state index in [-0.39, 0.29) is 11.9 Å². The third kappa shape index (κ3) is 3.57. The summed E-state index contributed by atoms with van der Waals surface area (Å²) >= 11 is 5.18. The number of nitrogens with zero attached hydrogens (tertiary/aromatic N) is 1. The van der Waals surface area contributed by atoms with Crippen LogP contribution in [0.4, 0.5) is 0 Å². The molecule has 1 heterocycles. The van der Waals surface area contributed by atoms with Crippen LogP contribution < -0.4 is 5.32 Å². The minimum atomic E-state index is 0.127. The fourth-order valence-corrected chi connectivity index (χ4v) is 3.01. The van der Waals surface area contributed by atoms with Crippen molar-refractivity contribution in [2.75, 3.05) is 20.1 Å². The fourth-order valence-electron chi connectivity index (χ4n) is 1.26. The highest BCUT2D eigenvalue weighted by atomic mass is 79.9. The first kappa shape index (κ1) is 13.7. The summed E-state index contributed by atoms with van der Waals surface area (Å²) in [6.45, 7) is 5.17. The van der Waals surface area contributed by atoms with Crippen LogP contribution in [0, 0.1) is 0 Å². The van der Waals surface area contributed by atoms with Gasteiger partial charge in [-0.15, -0.1) is 11.3 Å². The molecule has 1 rings (SSSR count). The molecule has 0 spiro atoms. The van der Waals surface area contributed by atoms with E-state index >= 15 is 0 Å². The van der Waals surface area contributed by atoms with Crippen molar-refractivity contribution in [3.05, 3.63) is 20.8 Å². The smallest absolute Gasteiger partial charge is 0.236 e. The molecule has 1 atom stereocenters. The Hall–Kier alpha value is -0.390. The van der Waals surface area contributed by atoms with E-state index in [1.165, 1.54) is 4.88 Å². The van der Waals surface area contributed by atoms with Crippen LogP contribution >= 0.6 is 27.3 Å². The molecule has 0 aliphatic carbocycles. The highest BCUT2D eigenvalue weighted by Crippen LogP contribution is 2.28. The highest BCUT2D eigenvalue weighted by molar-refractivity contribution is 9.10. The number of nitrogens with one attached hydrogen (secondary N) is 1. The van der Waals surface area contributed by atoms with Gasteiger partial charge in [-0.1, -0.05) is 0 Å². The van der Waals surface area contributed by atoms with Crippen molar-refractivity contribution in [1.29, 1.82) is 0 Å². The summed E-state index contributed by atoms with van der Waals surface area (Å²) in [7, 11) is 1.82. The average Bonchev–Trinajstić information content (AvgIpc) is 2.70. The van der Waals surface area contributed by atoms with E-state index < -0.39 is 0 Å². The van der Waals surface area contributed by atoms with E-state index in [1.54, 1.807) is 16.2 Å². The van der Waals surface area contributed by atoms with Crippen molar-refractivity contribution in [2.45, 2.75) is 19.9 Å². The van der Waals surface area contributed by atoms with Crippen molar-refractivity contribution >= 4 is 33.2 Å². The number of carbonyl (C=O) groups excluding carboxylic acids is 1. The van der Waals surface area contributed by atoms with Crippen LogP contribution in [0.3, 0.4) is 0 Å². The van der Waals surface area contributed by atoms with Crippen molar-refractivity contribution in [2.24, 2.45) is 0 Å². The Kier molecular flexibility index (Phi) is 5.44. The minimum Gasteiger partial charge on any atom is -0.345 e. The molecule has 0 radical (unpaired) electrons. The second kappa shape index (κ2) is 6.37. The molecular weight excluding hydrogens is 288 g/mol. The van der Waals surface area contributed by atoms with E-state index in [0.717, 1.165) is 11.0 Å². The van der Waals surface area contributed by atoms with Crippen LogP contribution in [-0.2, 0) is 4.79 Å². The zero-order valence-corrected chi connectivity index (χ0v) is 12.2. The van der Waals surface area contributed by atoms with Gasteiger partial charge in [0.1, 0.15) is 0 Å². The molecule has 1 N–H and O–H groups in total. The maximum absolute atomic E-state index is 11.6. The average molecular weight is 305 g/mol. The van der Waals surface area contributed by atoms with Crippen LogP contribution in [0.25, 0.3) is 0 Å². The summed E-state index contributed by atoms with van der Waals surface area (Å²) < 4.78 is 1.11. The lowest BCUT2D eigenvalue weighted by Crippen LogP contribution is -2.36. The van der Waals surface area contributed by atoms with Crippen molar-refractivity contribution in [1.82, 2.24) is 10.2 Å². The summed E-state index contributed by atoms with van der Waals surface area (Å²) in [5.74, 6) is 0.127. The van der Waals surface area contributed by atoms with Gasteiger partial charge < -0.3 is 10.2 Å². The van der Waals surface area contributed by atoms with Gasteiger partial charge in [0.05, 0.1) is 6.54 Å². The molecule has 0 aromatic carbocycles. The quantitative estimate of drug-likeness (QED) is 0.907. The lowest BCUT2D eigenvalue weighted by molar-refractivity contribution is -0.128. The van der Waals surface area contributed by atoms with Gasteiger partial charge in [0.25, 0.3) is 0 Å². The van der Waals surface area contributed by atoms with Crippen molar-refractivity contribution < 1.29 is 4.79 Å².